The molecule has 0 radical (unpaired) electrons. The molecule has 6 nitrogen and oxygen atoms in total. The minimum atomic E-state index is -0.982. The van der Waals surface area contributed by atoms with E-state index >= 15 is 0 Å². The number of hydrogen-bond donors (Lipinski definition) is 2. The van der Waals surface area contributed by atoms with Gasteiger partial charge in [-0.3, -0.25) is 9.59 Å². The first-order valence-electron chi connectivity index (χ1n) is 11.2. The average Bonchev–Trinajstić information content (AvgIpc) is 2.82. The molecule has 3 N–H and O–H groups in total. The van der Waals surface area contributed by atoms with E-state index in [9.17, 15) is 18.4 Å². The van der Waals surface area contributed by atoms with Crippen LogP contribution in [0.3, 0.4) is 0 Å². The van der Waals surface area contributed by atoms with Crippen LogP contribution in [0.1, 0.15) is 53.6 Å². The molecule has 0 aliphatic carbocycles. The molecule has 8 heteroatoms. The van der Waals surface area contributed by atoms with Crippen molar-refractivity contribution < 1.29 is 13.6 Å². The number of nitrogens with zero attached hydrogens (tertiary/aromatic N) is 2. The minimum absolute atomic E-state index is 0.00967. The highest BCUT2D eigenvalue weighted by Gasteiger charge is 2.12. The average molecular weight is 467 g/mol. The van der Waals surface area contributed by atoms with Crippen LogP contribution >= 0.6 is 0 Å². The number of benzene rings is 1. The zero-order valence-electron chi connectivity index (χ0n) is 18.9. The molecule has 3 rings (SSSR count). The lowest BCUT2D eigenvalue weighted by molar-refractivity contribution is 0.0951. The summed E-state index contributed by atoms with van der Waals surface area (Å²) in [6.07, 6.45) is 7.61. The number of anilines is 1. The predicted octanol–water partition coefficient (Wildman–Crippen LogP) is 4.55. The third-order valence-corrected chi connectivity index (χ3v) is 5.51. The third-order valence-electron chi connectivity index (χ3n) is 5.51. The van der Waals surface area contributed by atoms with Crippen LogP contribution in [0.15, 0.2) is 66.2 Å². The predicted molar refractivity (Wildman–Crippen MR) is 129 cm³/mol. The summed E-state index contributed by atoms with van der Waals surface area (Å²) in [6, 6.07) is 10.2. The third kappa shape index (κ3) is 6.60. The quantitative estimate of drug-likeness (QED) is 0.406. The van der Waals surface area contributed by atoms with Crippen molar-refractivity contribution in [1.29, 1.82) is 0 Å². The van der Waals surface area contributed by atoms with Gasteiger partial charge < -0.3 is 15.6 Å². The van der Waals surface area contributed by atoms with E-state index < -0.39 is 23.1 Å². The lowest BCUT2D eigenvalue weighted by atomic mass is 10.0. The fourth-order valence-electron chi connectivity index (χ4n) is 3.63. The number of hydrogen-bond acceptors (Lipinski definition) is 4. The number of allylic oxidation sites excluding steroid dienone is 1. The molecule has 0 aliphatic rings. The minimum Gasteiger partial charge on any atom is -0.383 e. The molecule has 0 saturated carbocycles. The Bertz CT molecular complexity index is 1220. The van der Waals surface area contributed by atoms with Crippen molar-refractivity contribution in [2.45, 2.75) is 38.6 Å². The van der Waals surface area contributed by atoms with E-state index in [1.54, 1.807) is 12.3 Å². The molecule has 178 valence electrons. The number of nitrogens with two attached hydrogens (primary N) is 1. The number of nitrogens with one attached hydrogen (secondary N) is 1. The van der Waals surface area contributed by atoms with Crippen LogP contribution in [0.4, 0.5) is 14.6 Å². The number of rotatable bonds is 11. The highest BCUT2D eigenvalue weighted by molar-refractivity contribution is 5.93. The van der Waals surface area contributed by atoms with E-state index in [0.29, 0.717) is 17.9 Å². The Balaban J connectivity index is 1.42. The van der Waals surface area contributed by atoms with Crippen molar-refractivity contribution in [1.82, 2.24) is 14.9 Å². The summed E-state index contributed by atoms with van der Waals surface area (Å²) >= 11 is 0. The second-order valence-corrected chi connectivity index (χ2v) is 8.06. The number of aromatic nitrogens is 2. The molecular formula is C26H28F2N4O2. The van der Waals surface area contributed by atoms with Crippen LogP contribution in [0, 0.1) is 11.6 Å². The van der Waals surface area contributed by atoms with Gasteiger partial charge in [-0.2, -0.15) is 0 Å². The Labute approximate surface area is 197 Å². The molecule has 0 atom stereocenters. The van der Waals surface area contributed by atoms with Gasteiger partial charge in [-0.05, 0) is 66.8 Å². The lowest BCUT2D eigenvalue weighted by Gasteiger charge is -2.10. The van der Waals surface area contributed by atoms with E-state index in [1.807, 2.05) is 12.1 Å². The molecule has 3 aromatic rings. The van der Waals surface area contributed by atoms with Crippen molar-refractivity contribution in [3.05, 3.63) is 100 Å². The summed E-state index contributed by atoms with van der Waals surface area (Å²) in [7, 11) is 0. The monoisotopic (exact) mass is 466 g/mol. The Morgan fingerprint density at radius 1 is 1.03 bits per heavy atom. The van der Waals surface area contributed by atoms with Crippen LogP contribution < -0.4 is 16.6 Å². The highest BCUT2D eigenvalue weighted by atomic mass is 19.2. The number of nitrogen functional groups attached to an aromatic ring is 1. The van der Waals surface area contributed by atoms with Gasteiger partial charge in [0.15, 0.2) is 11.6 Å². The molecule has 0 bridgehead atoms. The van der Waals surface area contributed by atoms with Crippen molar-refractivity contribution in [2.75, 3.05) is 12.3 Å². The van der Waals surface area contributed by atoms with Crippen LogP contribution in [0.25, 0.3) is 5.57 Å². The van der Waals surface area contributed by atoms with Crippen molar-refractivity contribution in [2.24, 2.45) is 0 Å². The van der Waals surface area contributed by atoms with E-state index in [0.717, 1.165) is 55.4 Å². The van der Waals surface area contributed by atoms with Gasteiger partial charge in [-0.1, -0.05) is 25.5 Å². The zero-order valence-corrected chi connectivity index (χ0v) is 18.9. The molecule has 0 fully saturated rings. The maximum absolute atomic E-state index is 13.4. The smallest absolute Gasteiger partial charge is 0.263 e. The highest BCUT2D eigenvalue weighted by Crippen LogP contribution is 2.22. The Morgan fingerprint density at radius 2 is 1.79 bits per heavy atom. The second-order valence-electron chi connectivity index (χ2n) is 8.06. The van der Waals surface area contributed by atoms with Gasteiger partial charge in [0.25, 0.3) is 11.5 Å². The van der Waals surface area contributed by atoms with Crippen molar-refractivity contribution >= 4 is 17.3 Å². The molecule has 1 amide bonds. The summed E-state index contributed by atoms with van der Waals surface area (Å²) in [5, 5.41) is 2.78. The van der Waals surface area contributed by atoms with Gasteiger partial charge in [0.05, 0.1) is 6.54 Å². The summed E-state index contributed by atoms with van der Waals surface area (Å²) < 4.78 is 27.8. The molecule has 0 spiro atoms. The molecule has 0 unspecified atom stereocenters. The number of amides is 1. The van der Waals surface area contributed by atoms with Gasteiger partial charge in [0.2, 0.25) is 0 Å². The van der Waals surface area contributed by atoms with Crippen molar-refractivity contribution in [3.8, 4) is 0 Å². The molecule has 2 aromatic heterocycles. The number of unbranched alkanes of at least 4 members (excludes halogenated alkanes) is 3. The molecular weight excluding hydrogens is 438 g/mol. The maximum atomic E-state index is 13.4. The van der Waals surface area contributed by atoms with Crippen LogP contribution in [-0.2, 0) is 6.54 Å². The fourth-order valence-corrected chi connectivity index (χ4v) is 3.63. The largest absolute Gasteiger partial charge is 0.383 e. The van der Waals surface area contributed by atoms with Gasteiger partial charge >= 0.3 is 0 Å². The van der Waals surface area contributed by atoms with Crippen LogP contribution in [0.5, 0.6) is 0 Å². The first kappa shape index (κ1) is 24.8. The first-order valence-corrected chi connectivity index (χ1v) is 11.2. The summed E-state index contributed by atoms with van der Waals surface area (Å²) in [5.74, 6) is -1.90. The molecule has 2 heterocycles. The molecule has 0 saturated heterocycles. The normalized spacial score (nSPS) is 10.8. The Kier molecular flexibility index (Phi) is 8.67. The van der Waals surface area contributed by atoms with Gasteiger partial charge in [-0.15, -0.1) is 0 Å². The van der Waals surface area contributed by atoms with Crippen molar-refractivity contribution in [3.63, 3.8) is 0 Å². The van der Waals surface area contributed by atoms with Crippen LogP contribution in [-0.4, -0.2) is 22.0 Å². The van der Waals surface area contributed by atoms with Gasteiger partial charge in [-0.25, -0.2) is 13.8 Å². The molecule has 0 aliphatic heterocycles. The second kappa shape index (κ2) is 11.9. The zero-order chi connectivity index (χ0) is 24.5. The molecule has 34 heavy (non-hydrogen) atoms. The van der Waals surface area contributed by atoms with E-state index in [4.69, 9.17) is 5.73 Å². The Hall–Kier alpha value is -3.81. The topological polar surface area (TPSA) is 90.0 Å². The summed E-state index contributed by atoms with van der Waals surface area (Å²) in [6.45, 7) is 4.57. The fraction of sp³-hybridized carbons (Fsp3) is 0.269. The summed E-state index contributed by atoms with van der Waals surface area (Å²) in [5.41, 5.74) is 7.66. The Morgan fingerprint density at radius 3 is 2.56 bits per heavy atom. The van der Waals surface area contributed by atoms with Crippen LogP contribution in [0.2, 0.25) is 0 Å². The number of halogens is 2. The maximum Gasteiger partial charge on any atom is 0.263 e. The van der Waals surface area contributed by atoms with Gasteiger partial charge in [0, 0.05) is 24.5 Å². The first-order chi connectivity index (χ1) is 16.4. The number of pyridine rings is 2. The van der Waals surface area contributed by atoms with E-state index in [2.05, 4.69) is 16.9 Å². The van der Waals surface area contributed by atoms with E-state index in [1.165, 1.54) is 22.9 Å². The summed E-state index contributed by atoms with van der Waals surface area (Å²) in [4.78, 5) is 29.2. The van der Waals surface area contributed by atoms with E-state index in [-0.39, 0.29) is 12.1 Å². The van der Waals surface area contributed by atoms with Gasteiger partial charge in [0.1, 0.15) is 11.4 Å². The SMILES string of the molecule is C=C(CCCCCCNC(=O)c1cccn(Cc2ccc(F)c(F)c2)c1=O)c1cccnc1N. The lowest BCUT2D eigenvalue weighted by Crippen LogP contribution is -2.33. The number of carbonyl (C=O) groups excluding carboxylic acids is 1. The molecule has 1 aromatic carbocycles. The number of carbonyl (C=O) groups is 1. The standard InChI is InChI=1S/C26H28F2N4O2/c1-18(20-9-6-14-30-24(20)29)8-4-2-3-5-13-31-25(33)21-10-7-15-32(26(21)34)17-19-11-12-22(27)23(28)16-19/h6-7,9-12,14-16H,1-5,8,13,17H2,(H2,29,30)(H,31,33).